The van der Waals surface area contributed by atoms with Gasteiger partial charge in [0.2, 0.25) is 0 Å². The minimum Gasteiger partial charge on any atom is -0.497 e. The Hall–Kier alpha value is -2.14. The molecule has 1 aliphatic heterocycles. The number of benzene rings is 2. The molecule has 0 saturated carbocycles. The molecule has 2 aromatic rings. The largest absolute Gasteiger partial charge is 0.497 e. The summed E-state index contributed by atoms with van der Waals surface area (Å²) in [5, 5.41) is 6.60. The van der Waals surface area contributed by atoms with Crippen molar-refractivity contribution in [2.24, 2.45) is 4.99 Å². The van der Waals surface area contributed by atoms with E-state index in [9.17, 15) is 8.78 Å². The van der Waals surface area contributed by atoms with Gasteiger partial charge in [0.25, 0.3) is 0 Å². The smallest absolute Gasteiger partial charge is 0.191 e. The fraction of sp³-hybridized carbons (Fsp3) is 0.435. The molecule has 1 heterocycles. The minimum atomic E-state index is -0.432. The van der Waals surface area contributed by atoms with Crippen molar-refractivity contribution < 1.29 is 18.3 Å². The van der Waals surface area contributed by atoms with Crippen LogP contribution in [0.25, 0.3) is 0 Å². The van der Waals surface area contributed by atoms with Crippen LogP contribution in [0.2, 0.25) is 0 Å². The Morgan fingerprint density at radius 2 is 1.84 bits per heavy atom. The first-order valence-electron chi connectivity index (χ1n) is 10.4. The van der Waals surface area contributed by atoms with Gasteiger partial charge >= 0.3 is 0 Å². The quantitative estimate of drug-likeness (QED) is 0.294. The Morgan fingerprint density at radius 1 is 1.12 bits per heavy atom. The molecule has 3 rings (SSSR count). The number of aliphatic imine (C=N–C) groups is 1. The molecule has 9 heteroatoms. The van der Waals surface area contributed by atoms with Crippen molar-refractivity contribution in [2.45, 2.75) is 25.4 Å². The third-order valence-corrected chi connectivity index (χ3v) is 5.35. The predicted octanol–water partition coefficient (Wildman–Crippen LogP) is 3.58. The summed E-state index contributed by atoms with van der Waals surface area (Å²) in [6.07, 6.45) is 1.36. The fourth-order valence-electron chi connectivity index (χ4n) is 3.75. The van der Waals surface area contributed by atoms with Gasteiger partial charge in [-0.05, 0) is 54.3 Å². The molecule has 0 spiro atoms. The molecule has 2 aromatic carbocycles. The maximum atomic E-state index is 13.8. The first kappa shape index (κ1) is 26.1. The average Bonchev–Trinajstić information content (AvgIpc) is 3.21. The van der Waals surface area contributed by atoms with Gasteiger partial charge < -0.3 is 20.1 Å². The van der Waals surface area contributed by atoms with Crippen LogP contribution in [-0.4, -0.2) is 57.8 Å². The zero-order valence-electron chi connectivity index (χ0n) is 18.7. The van der Waals surface area contributed by atoms with E-state index in [4.69, 9.17) is 9.47 Å². The Kier molecular flexibility index (Phi) is 10.4. The number of methoxy groups -OCH3 is 2. The summed E-state index contributed by atoms with van der Waals surface area (Å²) >= 11 is 0. The first-order chi connectivity index (χ1) is 15.0. The molecule has 1 atom stereocenters. The molecule has 0 aromatic heterocycles. The number of hydrogen-bond acceptors (Lipinski definition) is 4. The molecule has 6 nitrogen and oxygen atoms in total. The Balaban J connectivity index is 0.00000363. The summed E-state index contributed by atoms with van der Waals surface area (Å²) in [5.74, 6) is 1.39. The van der Waals surface area contributed by atoms with Crippen LogP contribution in [0.15, 0.2) is 41.4 Å². The third-order valence-electron chi connectivity index (χ3n) is 5.35. The van der Waals surface area contributed by atoms with Crippen molar-refractivity contribution in [2.75, 3.05) is 40.9 Å². The van der Waals surface area contributed by atoms with Crippen molar-refractivity contribution in [1.29, 1.82) is 0 Å². The van der Waals surface area contributed by atoms with Crippen molar-refractivity contribution >= 4 is 29.9 Å². The van der Waals surface area contributed by atoms with Crippen molar-refractivity contribution in [3.8, 4) is 11.5 Å². The second-order valence-corrected chi connectivity index (χ2v) is 7.57. The van der Waals surface area contributed by atoms with E-state index in [-0.39, 0.29) is 30.0 Å². The summed E-state index contributed by atoms with van der Waals surface area (Å²) in [4.78, 5) is 6.61. The second-order valence-electron chi connectivity index (χ2n) is 7.57. The lowest BCUT2D eigenvalue weighted by atomic mass is 10.1. The van der Waals surface area contributed by atoms with Gasteiger partial charge in [-0.25, -0.2) is 8.78 Å². The Bertz CT molecular complexity index is 891. The van der Waals surface area contributed by atoms with Gasteiger partial charge in [0.05, 0.1) is 14.2 Å². The van der Waals surface area contributed by atoms with Crippen molar-refractivity contribution in [3.05, 3.63) is 59.2 Å². The highest BCUT2D eigenvalue weighted by atomic mass is 127. The van der Waals surface area contributed by atoms with Gasteiger partial charge in [0.15, 0.2) is 5.96 Å². The van der Waals surface area contributed by atoms with Crippen LogP contribution in [0.3, 0.4) is 0 Å². The highest BCUT2D eigenvalue weighted by molar-refractivity contribution is 14.0. The van der Waals surface area contributed by atoms with E-state index in [1.807, 2.05) is 18.2 Å². The monoisotopic (exact) mass is 560 g/mol. The number of nitrogens with one attached hydrogen (secondary N) is 2. The van der Waals surface area contributed by atoms with Gasteiger partial charge in [-0.15, -0.1) is 24.0 Å². The molecule has 32 heavy (non-hydrogen) atoms. The molecule has 0 aliphatic carbocycles. The maximum absolute atomic E-state index is 13.8. The van der Waals surface area contributed by atoms with Crippen LogP contribution in [-0.2, 0) is 13.0 Å². The second kappa shape index (κ2) is 12.8. The number of halogens is 3. The summed E-state index contributed by atoms with van der Waals surface area (Å²) in [5.41, 5.74) is 1.49. The van der Waals surface area contributed by atoms with Crippen molar-refractivity contribution in [1.82, 2.24) is 15.5 Å². The molecule has 0 radical (unpaired) electrons. The van der Waals surface area contributed by atoms with E-state index in [1.54, 1.807) is 21.3 Å². The molecule has 1 fully saturated rings. The SMILES string of the molecule is CN=C(NCCc1cc(F)ccc1F)NC1CCN(Cc2cc(OC)cc(OC)c2)C1.I. The minimum absolute atomic E-state index is 0. The van der Waals surface area contributed by atoms with Gasteiger partial charge in [0, 0.05) is 45.3 Å². The van der Waals surface area contributed by atoms with Gasteiger partial charge in [-0.3, -0.25) is 9.89 Å². The molecule has 176 valence electrons. The van der Waals surface area contributed by atoms with E-state index in [1.165, 1.54) is 6.07 Å². The van der Waals surface area contributed by atoms with E-state index in [0.717, 1.165) is 55.3 Å². The molecule has 0 bridgehead atoms. The van der Waals surface area contributed by atoms with E-state index >= 15 is 0 Å². The lowest BCUT2D eigenvalue weighted by molar-refractivity contribution is 0.321. The lowest BCUT2D eigenvalue weighted by Gasteiger charge is -2.19. The topological polar surface area (TPSA) is 58.1 Å². The number of likely N-dealkylation sites (tertiary alicyclic amines) is 1. The van der Waals surface area contributed by atoms with Crippen LogP contribution < -0.4 is 20.1 Å². The molecule has 2 N–H and O–H groups in total. The third kappa shape index (κ3) is 7.47. The summed E-state index contributed by atoms with van der Waals surface area (Å²) in [7, 11) is 5.00. The van der Waals surface area contributed by atoms with Crippen LogP contribution in [0.5, 0.6) is 11.5 Å². The number of guanidine groups is 1. The molecule has 1 unspecified atom stereocenters. The molecular formula is C23H31F2IN4O2. The summed E-state index contributed by atoms with van der Waals surface area (Å²) in [6.45, 7) is 3.10. The van der Waals surface area contributed by atoms with Crippen LogP contribution in [0.1, 0.15) is 17.5 Å². The van der Waals surface area contributed by atoms with Crippen LogP contribution >= 0.6 is 24.0 Å². The van der Waals surface area contributed by atoms with Gasteiger partial charge in [-0.2, -0.15) is 0 Å². The summed E-state index contributed by atoms with van der Waals surface area (Å²) in [6, 6.07) is 9.68. The fourth-order valence-corrected chi connectivity index (χ4v) is 3.75. The van der Waals surface area contributed by atoms with E-state index in [0.29, 0.717) is 24.5 Å². The number of nitrogens with zero attached hydrogens (tertiary/aromatic N) is 2. The van der Waals surface area contributed by atoms with E-state index < -0.39 is 11.6 Å². The molecule has 1 aliphatic rings. The van der Waals surface area contributed by atoms with Crippen LogP contribution in [0.4, 0.5) is 8.78 Å². The molecule has 0 amide bonds. The zero-order valence-corrected chi connectivity index (χ0v) is 21.0. The highest BCUT2D eigenvalue weighted by Gasteiger charge is 2.23. The molecule has 1 saturated heterocycles. The van der Waals surface area contributed by atoms with Gasteiger partial charge in [0.1, 0.15) is 23.1 Å². The number of ether oxygens (including phenoxy) is 2. The van der Waals surface area contributed by atoms with Crippen molar-refractivity contribution in [3.63, 3.8) is 0 Å². The standard InChI is InChI=1S/C23H30F2N4O2.HI/c1-26-23(27-8-6-17-12-18(24)4-5-22(17)25)28-19-7-9-29(15-19)14-16-10-20(30-2)13-21(11-16)31-3;/h4-5,10-13,19H,6-9,14-15H2,1-3H3,(H2,26,27,28);1H. The Labute approximate surface area is 205 Å². The maximum Gasteiger partial charge on any atom is 0.191 e. The molecular weight excluding hydrogens is 529 g/mol. The summed E-state index contributed by atoms with van der Waals surface area (Å²) < 4.78 is 37.8. The number of hydrogen-bond donors (Lipinski definition) is 2. The zero-order chi connectivity index (χ0) is 22.2. The predicted molar refractivity (Wildman–Crippen MR) is 133 cm³/mol. The highest BCUT2D eigenvalue weighted by Crippen LogP contribution is 2.24. The van der Waals surface area contributed by atoms with Crippen LogP contribution in [0, 0.1) is 11.6 Å². The normalized spacial score (nSPS) is 16.4. The number of rotatable bonds is 8. The van der Waals surface area contributed by atoms with Gasteiger partial charge in [-0.1, -0.05) is 0 Å². The first-order valence-corrected chi connectivity index (χ1v) is 10.4. The Morgan fingerprint density at radius 3 is 2.50 bits per heavy atom. The average molecular weight is 560 g/mol. The lowest BCUT2D eigenvalue weighted by Crippen LogP contribution is -2.45. The van der Waals surface area contributed by atoms with E-state index in [2.05, 4.69) is 20.5 Å².